The van der Waals surface area contributed by atoms with Crippen LogP contribution in [0.15, 0.2) is 22.7 Å². The Morgan fingerprint density at radius 2 is 2.16 bits per heavy atom. The molecule has 19 heavy (non-hydrogen) atoms. The van der Waals surface area contributed by atoms with E-state index >= 15 is 0 Å². The van der Waals surface area contributed by atoms with Crippen molar-refractivity contribution in [2.45, 2.75) is 19.8 Å². The Bertz CT molecular complexity index is 462. The molecule has 104 valence electrons. The quantitative estimate of drug-likeness (QED) is 0.751. The third-order valence-electron chi connectivity index (χ3n) is 2.34. The van der Waals surface area contributed by atoms with Crippen molar-refractivity contribution in [3.05, 3.63) is 28.2 Å². The van der Waals surface area contributed by atoms with Gasteiger partial charge in [0.2, 0.25) is 0 Å². The molecule has 5 nitrogen and oxygen atoms in total. The molecule has 6 heteroatoms. The molecule has 0 aliphatic heterocycles. The number of aliphatic carboxylic acids is 1. The van der Waals surface area contributed by atoms with Crippen LogP contribution >= 0.6 is 15.9 Å². The zero-order chi connectivity index (χ0) is 14.3. The third-order valence-corrected chi connectivity index (χ3v) is 2.96. The highest BCUT2D eigenvalue weighted by Gasteiger charge is 2.05. The predicted molar refractivity (Wildman–Crippen MR) is 74.3 cm³/mol. The molecular formula is C13H16BrNO4. The molecule has 0 unspecified atom stereocenters. The molecule has 1 amide bonds. The van der Waals surface area contributed by atoms with E-state index in [4.69, 9.17) is 9.84 Å². The van der Waals surface area contributed by atoms with Crippen LogP contribution in [-0.4, -0.2) is 30.1 Å². The lowest BCUT2D eigenvalue weighted by Crippen LogP contribution is -2.30. The number of aryl methyl sites for hydroxylation is 1. The topological polar surface area (TPSA) is 75.6 Å². The van der Waals surface area contributed by atoms with Crippen LogP contribution in [0.2, 0.25) is 0 Å². The van der Waals surface area contributed by atoms with Gasteiger partial charge in [0.05, 0.1) is 4.47 Å². The van der Waals surface area contributed by atoms with Crippen LogP contribution in [0.3, 0.4) is 0 Å². The number of carboxylic acids is 1. The monoisotopic (exact) mass is 329 g/mol. The Labute approximate surface area is 120 Å². The summed E-state index contributed by atoms with van der Waals surface area (Å²) >= 11 is 3.36. The van der Waals surface area contributed by atoms with Gasteiger partial charge in [-0.3, -0.25) is 9.59 Å². The lowest BCUT2D eigenvalue weighted by molar-refractivity contribution is -0.137. The molecule has 2 N–H and O–H groups in total. The van der Waals surface area contributed by atoms with Gasteiger partial charge < -0.3 is 15.2 Å². The lowest BCUT2D eigenvalue weighted by atomic mass is 10.2. The van der Waals surface area contributed by atoms with E-state index < -0.39 is 5.97 Å². The molecule has 1 rings (SSSR count). The first-order chi connectivity index (χ1) is 8.99. The number of carbonyl (C=O) groups excluding carboxylic acids is 1. The number of halogens is 1. The summed E-state index contributed by atoms with van der Waals surface area (Å²) < 4.78 is 6.15. The van der Waals surface area contributed by atoms with Gasteiger partial charge in [-0.05, 0) is 47.0 Å². The number of ether oxygens (including phenoxy) is 1. The van der Waals surface area contributed by atoms with Crippen molar-refractivity contribution in [2.75, 3.05) is 13.2 Å². The molecule has 1 aromatic rings. The summed E-state index contributed by atoms with van der Waals surface area (Å²) in [4.78, 5) is 21.7. The first-order valence-electron chi connectivity index (χ1n) is 5.86. The number of benzene rings is 1. The Morgan fingerprint density at radius 3 is 2.79 bits per heavy atom. The number of hydrogen-bond donors (Lipinski definition) is 2. The van der Waals surface area contributed by atoms with Crippen LogP contribution in [0, 0.1) is 6.92 Å². The number of carbonyl (C=O) groups is 2. The summed E-state index contributed by atoms with van der Waals surface area (Å²) in [5, 5.41) is 11.0. The zero-order valence-corrected chi connectivity index (χ0v) is 12.2. The van der Waals surface area contributed by atoms with Crippen molar-refractivity contribution in [2.24, 2.45) is 0 Å². The highest BCUT2D eigenvalue weighted by atomic mass is 79.9. The molecule has 0 fully saturated rings. The van der Waals surface area contributed by atoms with Crippen LogP contribution in [0.5, 0.6) is 5.75 Å². The maximum absolute atomic E-state index is 11.4. The van der Waals surface area contributed by atoms with E-state index in [0.717, 1.165) is 10.0 Å². The van der Waals surface area contributed by atoms with Gasteiger partial charge in [0.25, 0.3) is 5.91 Å². The molecule has 0 aromatic heterocycles. The van der Waals surface area contributed by atoms with Crippen LogP contribution < -0.4 is 10.1 Å². The van der Waals surface area contributed by atoms with E-state index in [9.17, 15) is 9.59 Å². The van der Waals surface area contributed by atoms with Gasteiger partial charge in [-0.15, -0.1) is 0 Å². The molecule has 0 aliphatic carbocycles. The molecule has 0 radical (unpaired) electrons. The van der Waals surface area contributed by atoms with Crippen molar-refractivity contribution in [3.63, 3.8) is 0 Å². The van der Waals surface area contributed by atoms with Gasteiger partial charge >= 0.3 is 5.97 Å². The summed E-state index contributed by atoms with van der Waals surface area (Å²) in [6.45, 7) is 2.21. The van der Waals surface area contributed by atoms with Gasteiger partial charge in [0.1, 0.15) is 5.75 Å². The lowest BCUT2D eigenvalue weighted by Gasteiger charge is -2.09. The SMILES string of the molecule is Cc1ccc(OCC(=O)NCCCC(=O)O)c(Br)c1. The Kier molecular flexibility index (Phi) is 6.35. The molecule has 0 bridgehead atoms. The Hall–Kier alpha value is -1.56. The van der Waals surface area contributed by atoms with E-state index in [-0.39, 0.29) is 18.9 Å². The average molecular weight is 330 g/mol. The van der Waals surface area contributed by atoms with E-state index in [1.807, 2.05) is 19.1 Å². The molecule has 0 spiro atoms. The van der Waals surface area contributed by atoms with E-state index in [1.54, 1.807) is 6.07 Å². The first kappa shape index (κ1) is 15.5. The number of nitrogens with one attached hydrogen (secondary N) is 1. The van der Waals surface area contributed by atoms with Crippen molar-refractivity contribution < 1.29 is 19.4 Å². The standard InChI is InChI=1S/C13H16BrNO4/c1-9-4-5-11(10(14)7-9)19-8-12(16)15-6-2-3-13(17)18/h4-5,7H,2-3,6,8H2,1H3,(H,15,16)(H,17,18). The highest BCUT2D eigenvalue weighted by Crippen LogP contribution is 2.25. The number of rotatable bonds is 7. The minimum Gasteiger partial charge on any atom is -0.483 e. The van der Waals surface area contributed by atoms with E-state index in [0.29, 0.717) is 18.7 Å². The number of carboxylic acid groups (broad SMARTS) is 1. The first-order valence-corrected chi connectivity index (χ1v) is 6.66. The second kappa shape index (κ2) is 7.78. The van der Waals surface area contributed by atoms with E-state index in [1.165, 1.54) is 0 Å². The Morgan fingerprint density at radius 1 is 1.42 bits per heavy atom. The summed E-state index contributed by atoms with van der Waals surface area (Å²) in [6.07, 6.45) is 0.458. The van der Waals surface area contributed by atoms with Gasteiger partial charge in [-0.25, -0.2) is 0 Å². The molecule has 0 heterocycles. The minimum absolute atomic E-state index is 0.0463. The Balaban J connectivity index is 2.28. The van der Waals surface area contributed by atoms with Crippen molar-refractivity contribution in [1.82, 2.24) is 5.32 Å². The fraction of sp³-hybridized carbons (Fsp3) is 0.385. The summed E-state index contributed by atoms with van der Waals surface area (Å²) in [5.41, 5.74) is 1.09. The normalized spacial score (nSPS) is 10.0. The van der Waals surface area contributed by atoms with Gasteiger partial charge in [0.15, 0.2) is 6.61 Å². The number of hydrogen-bond acceptors (Lipinski definition) is 3. The largest absolute Gasteiger partial charge is 0.483 e. The smallest absolute Gasteiger partial charge is 0.303 e. The van der Waals surface area contributed by atoms with Crippen molar-refractivity contribution in [3.8, 4) is 5.75 Å². The fourth-order valence-electron chi connectivity index (χ4n) is 1.38. The van der Waals surface area contributed by atoms with Gasteiger partial charge in [0, 0.05) is 13.0 Å². The minimum atomic E-state index is -0.867. The molecule has 1 aromatic carbocycles. The highest BCUT2D eigenvalue weighted by molar-refractivity contribution is 9.10. The van der Waals surface area contributed by atoms with E-state index in [2.05, 4.69) is 21.2 Å². The molecule has 0 saturated carbocycles. The van der Waals surface area contributed by atoms with Crippen LogP contribution in [0.4, 0.5) is 0 Å². The van der Waals surface area contributed by atoms with Gasteiger partial charge in [-0.2, -0.15) is 0 Å². The second-order valence-electron chi connectivity index (χ2n) is 4.07. The summed E-state index contributed by atoms with van der Waals surface area (Å²) in [5.74, 6) is -0.529. The average Bonchev–Trinajstić information content (AvgIpc) is 2.33. The number of amides is 1. The van der Waals surface area contributed by atoms with Crippen LogP contribution in [-0.2, 0) is 9.59 Å². The van der Waals surface area contributed by atoms with Crippen molar-refractivity contribution >= 4 is 27.8 Å². The predicted octanol–water partition coefficient (Wildman–Crippen LogP) is 2.12. The zero-order valence-electron chi connectivity index (χ0n) is 10.6. The van der Waals surface area contributed by atoms with Crippen LogP contribution in [0.25, 0.3) is 0 Å². The van der Waals surface area contributed by atoms with Crippen molar-refractivity contribution in [1.29, 1.82) is 0 Å². The third kappa shape index (κ3) is 6.24. The maximum atomic E-state index is 11.4. The second-order valence-corrected chi connectivity index (χ2v) is 4.92. The maximum Gasteiger partial charge on any atom is 0.303 e. The van der Waals surface area contributed by atoms with Crippen LogP contribution in [0.1, 0.15) is 18.4 Å². The summed E-state index contributed by atoms with van der Waals surface area (Å²) in [6, 6.07) is 5.59. The molecule has 0 saturated heterocycles. The molecule has 0 aliphatic rings. The van der Waals surface area contributed by atoms with Gasteiger partial charge in [-0.1, -0.05) is 6.07 Å². The summed E-state index contributed by atoms with van der Waals surface area (Å²) in [7, 11) is 0. The fourth-order valence-corrected chi connectivity index (χ4v) is 1.99. The molecule has 0 atom stereocenters. The molecular weight excluding hydrogens is 314 g/mol.